The van der Waals surface area contributed by atoms with Crippen LogP contribution in [0.25, 0.3) is 0 Å². The van der Waals surface area contributed by atoms with Crippen molar-refractivity contribution in [3.63, 3.8) is 0 Å². The van der Waals surface area contributed by atoms with E-state index in [0.717, 1.165) is 12.8 Å². The normalized spacial score (nSPS) is 24.9. The average Bonchev–Trinajstić information content (AvgIpc) is 2.96. The van der Waals surface area contributed by atoms with Gasteiger partial charge in [0.2, 0.25) is 0 Å². The van der Waals surface area contributed by atoms with Crippen molar-refractivity contribution in [1.82, 2.24) is 9.55 Å². The quantitative estimate of drug-likeness (QED) is 0.485. The predicted octanol–water partition coefficient (Wildman–Crippen LogP) is 5.41. The molecule has 1 N–H and O–H groups in total. The van der Waals surface area contributed by atoms with Gasteiger partial charge in [0.15, 0.2) is 16.6 Å². The highest BCUT2D eigenvalue weighted by Crippen LogP contribution is 2.47. The first-order valence-corrected chi connectivity index (χ1v) is 18.0. The van der Waals surface area contributed by atoms with Crippen LogP contribution in [0.5, 0.6) is 0 Å². The molecule has 9 heteroatoms. The molecule has 0 aromatic carbocycles. The molecular formula is C24H46N2O5Si2. The Labute approximate surface area is 201 Å². The highest BCUT2D eigenvalue weighted by molar-refractivity contribution is 6.74. The molecule has 7 nitrogen and oxygen atoms in total. The Kier molecular flexibility index (Phi) is 8.18. The van der Waals surface area contributed by atoms with Crippen molar-refractivity contribution in [3.05, 3.63) is 33.1 Å². The van der Waals surface area contributed by atoms with Gasteiger partial charge in [-0.1, -0.05) is 54.9 Å². The summed E-state index contributed by atoms with van der Waals surface area (Å²) in [6.07, 6.45) is 3.03. The molecule has 33 heavy (non-hydrogen) atoms. The maximum Gasteiger partial charge on any atom is 0.330 e. The van der Waals surface area contributed by atoms with Gasteiger partial charge in [-0.05, 0) is 42.7 Å². The number of ether oxygens (including phenoxy) is 1. The van der Waals surface area contributed by atoms with Crippen LogP contribution in [0.1, 0.15) is 74.0 Å². The molecule has 1 aromatic heterocycles. The fraction of sp³-hybridized carbons (Fsp3) is 0.833. The van der Waals surface area contributed by atoms with E-state index in [1.165, 1.54) is 16.8 Å². The van der Waals surface area contributed by atoms with Crippen molar-refractivity contribution < 1.29 is 13.6 Å². The summed E-state index contributed by atoms with van der Waals surface area (Å²) in [5, 5.41) is 0.113. The summed E-state index contributed by atoms with van der Waals surface area (Å²) in [5.41, 5.74) is -1.53. The fourth-order valence-corrected chi connectivity index (χ4v) is 6.08. The first kappa shape index (κ1) is 28.2. The van der Waals surface area contributed by atoms with Gasteiger partial charge in [0.25, 0.3) is 5.56 Å². The van der Waals surface area contributed by atoms with Crippen molar-refractivity contribution in [2.45, 2.75) is 122 Å². The summed E-state index contributed by atoms with van der Waals surface area (Å²) in [6.45, 7) is 24.9. The van der Waals surface area contributed by atoms with Gasteiger partial charge < -0.3 is 13.6 Å². The summed E-state index contributed by atoms with van der Waals surface area (Å²) >= 11 is 0. The lowest BCUT2D eigenvalue weighted by Gasteiger charge is -2.45. The molecule has 0 amide bonds. The maximum absolute atomic E-state index is 12.6. The fourth-order valence-electron chi connectivity index (χ4n) is 3.67. The van der Waals surface area contributed by atoms with Crippen LogP contribution in [-0.2, 0) is 13.6 Å². The van der Waals surface area contributed by atoms with Gasteiger partial charge in [-0.15, -0.1) is 0 Å². The third kappa shape index (κ3) is 6.17. The topological polar surface area (TPSA) is 82.5 Å². The van der Waals surface area contributed by atoms with E-state index in [-0.39, 0.29) is 16.2 Å². The van der Waals surface area contributed by atoms with Crippen molar-refractivity contribution in [2.24, 2.45) is 0 Å². The number of nitrogens with one attached hydrogen (secondary N) is 1. The van der Waals surface area contributed by atoms with E-state index in [2.05, 4.69) is 79.6 Å². The minimum absolute atomic E-state index is 0.0398. The molecule has 0 radical (unpaired) electrons. The van der Waals surface area contributed by atoms with Gasteiger partial charge in [0.1, 0.15) is 11.8 Å². The highest BCUT2D eigenvalue weighted by atomic mass is 28.4. The number of hydrogen-bond acceptors (Lipinski definition) is 5. The Morgan fingerprint density at radius 2 is 1.67 bits per heavy atom. The lowest BCUT2D eigenvalue weighted by atomic mass is 9.92. The van der Waals surface area contributed by atoms with Gasteiger partial charge in [-0.25, -0.2) is 4.79 Å². The van der Waals surface area contributed by atoms with E-state index in [9.17, 15) is 9.59 Å². The molecule has 3 atom stereocenters. The van der Waals surface area contributed by atoms with Crippen LogP contribution in [0, 0.1) is 0 Å². The third-order valence-corrected chi connectivity index (χ3v) is 16.9. The van der Waals surface area contributed by atoms with Crippen molar-refractivity contribution in [3.8, 4) is 0 Å². The number of H-pyrrole nitrogens is 1. The van der Waals surface area contributed by atoms with E-state index < -0.39 is 39.7 Å². The molecule has 1 aliphatic rings. The van der Waals surface area contributed by atoms with Crippen LogP contribution in [0.15, 0.2) is 21.9 Å². The SMILES string of the molecule is CCCC1(CO[Si](C)(C)C(C)(C)C)O[C@@H](n2ccc(=O)[nH]c2=O)CC1O[Si](C)(C)C(C)(C)C. The van der Waals surface area contributed by atoms with Gasteiger partial charge in [0.05, 0.1) is 12.7 Å². The standard InChI is InChI=1S/C24H46N2O5Si2/c1-12-14-24(17-29-32(8,9)22(2,3)4)18(31-33(10,11)23(5,6)7)16-20(30-24)26-15-13-19(27)25-21(26)28/h13,15,18,20H,12,14,16-17H2,1-11H3,(H,25,27,28)/t18?,20-,24?/m1/s1. The van der Waals surface area contributed by atoms with E-state index in [4.69, 9.17) is 13.6 Å². The van der Waals surface area contributed by atoms with Gasteiger partial charge in [-0.3, -0.25) is 14.3 Å². The van der Waals surface area contributed by atoms with Gasteiger partial charge >= 0.3 is 5.69 Å². The van der Waals surface area contributed by atoms with Crippen LogP contribution in [0.3, 0.4) is 0 Å². The molecule has 2 unspecified atom stereocenters. The number of aromatic amines is 1. The third-order valence-electron chi connectivity index (χ3n) is 7.93. The molecular weight excluding hydrogens is 452 g/mol. The Balaban J connectivity index is 2.49. The van der Waals surface area contributed by atoms with Crippen LogP contribution in [0.2, 0.25) is 36.3 Å². The molecule has 0 saturated carbocycles. The molecule has 0 spiro atoms. The molecule has 1 fully saturated rings. The second kappa shape index (κ2) is 9.56. The maximum atomic E-state index is 12.6. The van der Waals surface area contributed by atoms with Crippen LogP contribution in [-0.4, -0.2) is 44.5 Å². The molecule has 2 heterocycles. The second-order valence-corrected chi connectivity index (χ2v) is 22.1. The molecule has 1 aliphatic heterocycles. The van der Waals surface area contributed by atoms with Gasteiger partial charge in [-0.2, -0.15) is 0 Å². The van der Waals surface area contributed by atoms with E-state index in [0.29, 0.717) is 13.0 Å². The van der Waals surface area contributed by atoms with Crippen molar-refractivity contribution in [2.75, 3.05) is 6.61 Å². The van der Waals surface area contributed by atoms with E-state index in [1.807, 2.05) is 0 Å². The second-order valence-electron chi connectivity index (χ2n) is 12.6. The number of nitrogens with zero attached hydrogens (tertiary/aromatic N) is 1. The largest absolute Gasteiger partial charge is 0.414 e. The molecule has 1 aromatic rings. The number of rotatable bonds is 8. The molecule has 0 aliphatic carbocycles. The first-order valence-electron chi connectivity index (χ1n) is 12.2. The Bertz CT molecular complexity index is 926. The lowest BCUT2D eigenvalue weighted by molar-refractivity contribution is -0.127. The zero-order valence-electron chi connectivity index (χ0n) is 22.6. The monoisotopic (exact) mass is 498 g/mol. The summed E-state index contributed by atoms with van der Waals surface area (Å²) in [5.74, 6) is 0. The zero-order valence-corrected chi connectivity index (χ0v) is 24.6. The minimum atomic E-state index is -2.12. The summed E-state index contributed by atoms with van der Waals surface area (Å²) in [6, 6.07) is 1.36. The molecule has 0 bridgehead atoms. The number of aromatic nitrogens is 2. The summed E-state index contributed by atoms with van der Waals surface area (Å²) < 4.78 is 21.9. The lowest BCUT2D eigenvalue weighted by Crippen LogP contribution is -2.54. The summed E-state index contributed by atoms with van der Waals surface area (Å²) in [7, 11) is -4.16. The average molecular weight is 499 g/mol. The van der Waals surface area contributed by atoms with Crippen LogP contribution in [0.4, 0.5) is 0 Å². The van der Waals surface area contributed by atoms with Gasteiger partial charge in [0, 0.05) is 18.7 Å². The molecule has 2 rings (SSSR count). The van der Waals surface area contributed by atoms with Crippen LogP contribution >= 0.6 is 0 Å². The van der Waals surface area contributed by atoms with Crippen molar-refractivity contribution in [1.29, 1.82) is 0 Å². The Morgan fingerprint density at radius 1 is 1.09 bits per heavy atom. The molecule has 1 saturated heterocycles. The zero-order chi connectivity index (χ0) is 25.5. The first-order chi connectivity index (χ1) is 14.9. The number of hydrogen-bond donors (Lipinski definition) is 1. The highest BCUT2D eigenvalue weighted by Gasteiger charge is 2.54. The van der Waals surface area contributed by atoms with Crippen molar-refractivity contribution >= 4 is 16.6 Å². The van der Waals surface area contributed by atoms with E-state index in [1.54, 1.807) is 0 Å². The smallest absolute Gasteiger partial charge is 0.330 e. The minimum Gasteiger partial charge on any atom is -0.414 e. The predicted molar refractivity (Wildman–Crippen MR) is 139 cm³/mol. The molecule has 190 valence electrons. The Hall–Kier alpha value is -1.01. The van der Waals surface area contributed by atoms with Crippen LogP contribution < -0.4 is 11.2 Å². The summed E-state index contributed by atoms with van der Waals surface area (Å²) in [4.78, 5) is 26.5. The van der Waals surface area contributed by atoms with E-state index >= 15 is 0 Å². The Morgan fingerprint density at radius 3 is 2.15 bits per heavy atom.